The molecule has 1 aliphatic carbocycles. The Bertz CT molecular complexity index is 175. The summed E-state index contributed by atoms with van der Waals surface area (Å²) in [5.74, 6) is 1.17. The molecule has 1 fully saturated rings. The number of halogens is 1. The van der Waals surface area contributed by atoms with Gasteiger partial charge in [0, 0.05) is 19.0 Å². The van der Waals surface area contributed by atoms with E-state index in [9.17, 15) is 0 Å². The number of alkyl halides is 1. The van der Waals surface area contributed by atoms with Crippen LogP contribution in [0.3, 0.4) is 0 Å². The predicted octanol–water partition coefficient (Wildman–Crippen LogP) is 2.85. The topological polar surface area (TPSA) is 18.5 Å². The molecular weight excluding hydrogens is 244 g/mol. The second-order valence-corrected chi connectivity index (χ2v) is 5.59. The van der Waals surface area contributed by atoms with Crippen LogP contribution in [-0.4, -0.2) is 31.3 Å². The fourth-order valence-corrected chi connectivity index (χ4v) is 3.58. The third kappa shape index (κ3) is 2.71. The van der Waals surface area contributed by atoms with E-state index in [0.717, 1.165) is 12.8 Å². The summed E-state index contributed by atoms with van der Waals surface area (Å²) in [5, 5.41) is 0. The molecule has 0 saturated heterocycles. The summed E-state index contributed by atoms with van der Waals surface area (Å²) < 4.78 is 11.1. The largest absolute Gasteiger partial charge is 0.381 e. The standard InChI is InChI=1S/C11H21BrO2/c1-7-5-9(12)10(13-3)6-8(2)11(7)14-4/h7-11H,5-6H2,1-4H3/t7?,8?,9-,10?,11?/m1/s1. The van der Waals surface area contributed by atoms with Crippen LogP contribution in [0.5, 0.6) is 0 Å². The molecule has 0 bridgehead atoms. The Kier molecular flexibility index (Phi) is 4.88. The first-order valence-electron chi connectivity index (χ1n) is 5.29. The molecule has 2 nitrogen and oxygen atoms in total. The van der Waals surface area contributed by atoms with Crippen LogP contribution in [0.1, 0.15) is 26.7 Å². The molecule has 0 heterocycles. The Hall–Kier alpha value is 0.400. The van der Waals surface area contributed by atoms with Crippen molar-refractivity contribution in [2.45, 2.75) is 43.7 Å². The lowest BCUT2D eigenvalue weighted by atomic mass is 9.92. The Balaban J connectivity index is 2.70. The van der Waals surface area contributed by atoms with Crippen LogP contribution in [0, 0.1) is 11.8 Å². The van der Waals surface area contributed by atoms with Crippen molar-refractivity contribution in [3.8, 4) is 0 Å². The first kappa shape index (κ1) is 12.5. The smallest absolute Gasteiger partial charge is 0.0699 e. The number of hydrogen-bond donors (Lipinski definition) is 0. The molecule has 1 aliphatic rings. The molecule has 5 atom stereocenters. The van der Waals surface area contributed by atoms with E-state index in [4.69, 9.17) is 9.47 Å². The Labute approximate surface area is 95.5 Å². The molecular formula is C11H21BrO2. The normalized spacial score (nSPS) is 44.8. The van der Waals surface area contributed by atoms with Crippen LogP contribution >= 0.6 is 15.9 Å². The number of methoxy groups -OCH3 is 2. The van der Waals surface area contributed by atoms with Gasteiger partial charge in [-0.15, -0.1) is 0 Å². The molecule has 1 rings (SSSR count). The van der Waals surface area contributed by atoms with Crippen LogP contribution < -0.4 is 0 Å². The van der Waals surface area contributed by atoms with E-state index < -0.39 is 0 Å². The van der Waals surface area contributed by atoms with Gasteiger partial charge in [-0.1, -0.05) is 29.8 Å². The van der Waals surface area contributed by atoms with E-state index in [1.807, 2.05) is 7.11 Å². The molecule has 0 radical (unpaired) electrons. The lowest BCUT2D eigenvalue weighted by Gasteiger charge is -2.25. The molecule has 14 heavy (non-hydrogen) atoms. The molecule has 84 valence electrons. The van der Waals surface area contributed by atoms with E-state index in [0.29, 0.717) is 28.9 Å². The summed E-state index contributed by atoms with van der Waals surface area (Å²) in [7, 11) is 3.61. The quantitative estimate of drug-likeness (QED) is 0.564. The van der Waals surface area contributed by atoms with E-state index >= 15 is 0 Å². The zero-order valence-corrected chi connectivity index (χ0v) is 11.1. The van der Waals surface area contributed by atoms with Gasteiger partial charge in [-0.3, -0.25) is 0 Å². The first-order valence-corrected chi connectivity index (χ1v) is 6.21. The molecule has 0 amide bonds. The van der Waals surface area contributed by atoms with Crippen LogP contribution in [0.4, 0.5) is 0 Å². The highest BCUT2D eigenvalue weighted by Gasteiger charge is 2.34. The average molecular weight is 265 g/mol. The predicted molar refractivity (Wildman–Crippen MR) is 61.9 cm³/mol. The van der Waals surface area contributed by atoms with Crippen molar-refractivity contribution in [3.05, 3.63) is 0 Å². The van der Waals surface area contributed by atoms with Gasteiger partial charge in [0.25, 0.3) is 0 Å². The van der Waals surface area contributed by atoms with Gasteiger partial charge in [0.2, 0.25) is 0 Å². The van der Waals surface area contributed by atoms with E-state index in [1.165, 1.54) is 0 Å². The summed E-state index contributed by atoms with van der Waals surface area (Å²) in [6.07, 6.45) is 2.90. The minimum atomic E-state index is 0.326. The zero-order chi connectivity index (χ0) is 10.7. The van der Waals surface area contributed by atoms with Crippen LogP contribution in [0.15, 0.2) is 0 Å². The van der Waals surface area contributed by atoms with Gasteiger partial charge in [-0.2, -0.15) is 0 Å². The van der Waals surface area contributed by atoms with E-state index in [2.05, 4.69) is 29.8 Å². The van der Waals surface area contributed by atoms with Gasteiger partial charge in [-0.25, -0.2) is 0 Å². The van der Waals surface area contributed by atoms with Crippen LogP contribution in [0.2, 0.25) is 0 Å². The van der Waals surface area contributed by atoms with Crippen molar-refractivity contribution < 1.29 is 9.47 Å². The highest BCUT2D eigenvalue weighted by Crippen LogP contribution is 2.34. The summed E-state index contributed by atoms with van der Waals surface area (Å²) in [6.45, 7) is 4.51. The average Bonchev–Trinajstić information content (AvgIpc) is 2.23. The second kappa shape index (κ2) is 5.47. The van der Waals surface area contributed by atoms with E-state index in [-0.39, 0.29) is 0 Å². The molecule has 1 saturated carbocycles. The highest BCUT2D eigenvalue weighted by molar-refractivity contribution is 9.09. The van der Waals surface area contributed by atoms with Gasteiger partial charge >= 0.3 is 0 Å². The van der Waals surface area contributed by atoms with Gasteiger partial charge in [0.15, 0.2) is 0 Å². The third-order valence-electron chi connectivity index (χ3n) is 3.30. The number of hydrogen-bond acceptors (Lipinski definition) is 2. The third-order valence-corrected chi connectivity index (χ3v) is 4.26. The lowest BCUT2D eigenvalue weighted by Crippen LogP contribution is -2.27. The number of rotatable bonds is 2. The Morgan fingerprint density at radius 3 is 2.07 bits per heavy atom. The minimum Gasteiger partial charge on any atom is -0.381 e. The molecule has 0 aromatic rings. The molecule has 0 aliphatic heterocycles. The molecule has 0 N–H and O–H groups in total. The monoisotopic (exact) mass is 264 g/mol. The molecule has 3 heteroatoms. The SMILES string of the molecule is COC1C(C)CC(OC)[C@H](Br)CC1C. The van der Waals surface area contributed by atoms with Crippen molar-refractivity contribution >= 4 is 15.9 Å². The van der Waals surface area contributed by atoms with Crippen molar-refractivity contribution in [2.24, 2.45) is 11.8 Å². The van der Waals surface area contributed by atoms with Crippen molar-refractivity contribution in [1.82, 2.24) is 0 Å². The van der Waals surface area contributed by atoms with Crippen molar-refractivity contribution in [3.63, 3.8) is 0 Å². The minimum absolute atomic E-state index is 0.326. The summed E-state index contributed by atoms with van der Waals surface area (Å²) in [5.41, 5.74) is 0. The number of ether oxygens (including phenoxy) is 2. The molecule has 0 aromatic heterocycles. The second-order valence-electron chi connectivity index (χ2n) is 4.42. The summed E-state index contributed by atoms with van der Waals surface area (Å²) in [6, 6.07) is 0. The highest BCUT2D eigenvalue weighted by atomic mass is 79.9. The van der Waals surface area contributed by atoms with E-state index in [1.54, 1.807) is 7.11 Å². The lowest BCUT2D eigenvalue weighted by molar-refractivity contribution is 0.0110. The Morgan fingerprint density at radius 1 is 1.00 bits per heavy atom. The summed E-state index contributed by atoms with van der Waals surface area (Å²) >= 11 is 3.71. The summed E-state index contributed by atoms with van der Waals surface area (Å²) in [4.78, 5) is 0.463. The van der Waals surface area contributed by atoms with Gasteiger partial charge in [0.1, 0.15) is 0 Å². The zero-order valence-electron chi connectivity index (χ0n) is 9.50. The van der Waals surface area contributed by atoms with Crippen molar-refractivity contribution in [1.29, 1.82) is 0 Å². The molecule has 0 spiro atoms. The fourth-order valence-electron chi connectivity index (χ4n) is 2.56. The first-order chi connectivity index (χ1) is 6.60. The fraction of sp³-hybridized carbons (Fsp3) is 1.00. The maximum Gasteiger partial charge on any atom is 0.0699 e. The van der Waals surface area contributed by atoms with Crippen molar-refractivity contribution in [2.75, 3.05) is 14.2 Å². The maximum atomic E-state index is 5.56. The van der Waals surface area contributed by atoms with Gasteiger partial charge < -0.3 is 9.47 Å². The molecule has 4 unspecified atom stereocenters. The maximum absolute atomic E-state index is 5.56. The van der Waals surface area contributed by atoms with Crippen LogP contribution in [-0.2, 0) is 9.47 Å². The Morgan fingerprint density at radius 2 is 1.57 bits per heavy atom. The van der Waals surface area contributed by atoms with Gasteiger partial charge in [0.05, 0.1) is 12.2 Å². The molecule has 0 aromatic carbocycles. The van der Waals surface area contributed by atoms with Gasteiger partial charge in [-0.05, 0) is 24.7 Å². The van der Waals surface area contributed by atoms with Crippen LogP contribution in [0.25, 0.3) is 0 Å².